The number of rotatable bonds is 1. The standard InChI is InChI=1S/C13H19N5.C2H6/c1-9-7-18(10-3-5-17(2)6-4-10)13-11(9)12(14)15-8-16-13;1-2/h7-8,10H,3-6H2,1-2H3,(H2,14,15,16);1-2H3. The van der Waals surface area contributed by atoms with E-state index in [2.05, 4.69) is 39.6 Å². The zero-order chi connectivity index (χ0) is 14.7. The summed E-state index contributed by atoms with van der Waals surface area (Å²) in [6.07, 6.45) is 6.07. The molecule has 2 N–H and O–H groups in total. The third-order valence-corrected chi connectivity index (χ3v) is 3.91. The van der Waals surface area contributed by atoms with Crippen molar-refractivity contribution in [3.63, 3.8) is 0 Å². The fourth-order valence-corrected chi connectivity index (χ4v) is 2.85. The van der Waals surface area contributed by atoms with Gasteiger partial charge in [0, 0.05) is 12.2 Å². The molecular weight excluding hydrogens is 250 g/mol. The van der Waals surface area contributed by atoms with Gasteiger partial charge in [-0.05, 0) is 45.5 Å². The van der Waals surface area contributed by atoms with Crippen molar-refractivity contribution < 1.29 is 0 Å². The Kier molecular flexibility index (Phi) is 4.60. The SMILES string of the molecule is CC.Cc1cn(C2CCN(C)CC2)c2ncnc(N)c12. The first-order chi connectivity index (χ1) is 9.66. The normalized spacial score (nSPS) is 17.0. The minimum atomic E-state index is 0.534. The van der Waals surface area contributed by atoms with E-state index in [1.54, 1.807) is 6.33 Å². The highest BCUT2D eigenvalue weighted by Crippen LogP contribution is 2.30. The molecule has 0 bridgehead atoms. The Bertz CT molecular complexity index is 567. The quantitative estimate of drug-likeness (QED) is 0.869. The van der Waals surface area contributed by atoms with Gasteiger partial charge in [-0.15, -0.1) is 0 Å². The molecule has 3 rings (SSSR count). The number of hydrogen-bond donors (Lipinski definition) is 1. The summed E-state index contributed by atoms with van der Waals surface area (Å²) >= 11 is 0. The van der Waals surface area contributed by atoms with Crippen molar-refractivity contribution in [3.8, 4) is 0 Å². The van der Waals surface area contributed by atoms with Crippen molar-refractivity contribution >= 4 is 16.9 Å². The molecule has 2 aromatic heterocycles. The Hall–Kier alpha value is -1.62. The third kappa shape index (κ3) is 2.63. The highest BCUT2D eigenvalue weighted by Gasteiger charge is 2.21. The Balaban J connectivity index is 0.000000704. The lowest BCUT2D eigenvalue weighted by Gasteiger charge is -2.30. The molecule has 1 fully saturated rings. The van der Waals surface area contributed by atoms with Gasteiger partial charge in [0.2, 0.25) is 0 Å². The Morgan fingerprint density at radius 2 is 1.85 bits per heavy atom. The van der Waals surface area contributed by atoms with E-state index < -0.39 is 0 Å². The zero-order valence-electron chi connectivity index (χ0n) is 12.9. The van der Waals surface area contributed by atoms with Crippen LogP contribution in [0.3, 0.4) is 0 Å². The minimum absolute atomic E-state index is 0.534. The molecule has 3 heterocycles. The summed E-state index contributed by atoms with van der Waals surface area (Å²) in [5.74, 6) is 0.587. The van der Waals surface area contributed by atoms with Crippen molar-refractivity contribution in [1.29, 1.82) is 0 Å². The predicted octanol–water partition coefficient (Wildman–Crippen LogP) is 2.61. The molecule has 0 amide bonds. The van der Waals surface area contributed by atoms with Crippen LogP contribution in [0, 0.1) is 6.92 Å². The molecule has 20 heavy (non-hydrogen) atoms. The Morgan fingerprint density at radius 3 is 2.50 bits per heavy atom. The number of fused-ring (bicyclic) bond motifs is 1. The first kappa shape index (κ1) is 14.8. The van der Waals surface area contributed by atoms with Gasteiger partial charge in [-0.2, -0.15) is 0 Å². The van der Waals surface area contributed by atoms with E-state index in [0.717, 1.165) is 24.1 Å². The number of nitrogens with two attached hydrogens (primary N) is 1. The van der Waals surface area contributed by atoms with Crippen LogP contribution in [0.4, 0.5) is 5.82 Å². The fourth-order valence-electron chi connectivity index (χ4n) is 2.85. The van der Waals surface area contributed by atoms with Crippen LogP contribution < -0.4 is 5.73 Å². The number of nitrogens with zero attached hydrogens (tertiary/aromatic N) is 4. The van der Waals surface area contributed by atoms with Crippen molar-refractivity contribution in [2.24, 2.45) is 0 Å². The average molecular weight is 275 g/mol. The van der Waals surface area contributed by atoms with Crippen molar-refractivity contribution in [2.45, 2.75) is 39.7 Å². The molecule has 0 atom stereocenters. The fraction of sp³-hybridized carbons (Fsp3) is 0.600. The topological polar surface area (TPSA) is 60.0 Å². The van der Waals surface area contributed by atoms with Gasteiger partial charge in [-0.3, -0.25) is 0 Å². The lowest BCUT2D eigenvalue weighted by Crippen LogP contribution is -2.31. The van der Waals surface area contributed by atoms with Crippen LogP contribution in [0.25, 0.3) is 11.0 Å². The summed E-state index contributed by atoms with van der Waals surface area (Å²) in [6.45, 7) is 8.36. The van der Waals surface area contributed by atoms with E-state index >= 15 is 0 Å². The average Bonchev–Trinajstić information content (AvgIpc) is 2.81. The molecule has 0 saturated carbocycles. The molecule has 5 heteroatoms. The van der Waals surface area contributed by atoms with Gasteiger partial charge in [0.05, 0.1) is 5.39 Å². The first-order valence-corrected chi connectivity index (χ1v) is 7.43. The molecule has 0 unspecified atom stereocenters. The summed E-state index contributed by atoms with van der Waals surface area (Å²) in [6, 6.07) is 0.534. The second kappa shape index (κ2) is 6.22. The summed E-state index contributed by atoms with van der Waals surface area (Å²) in [5.41, 5.74) is 8.10. The van der Waals surface area contributed by atoms with Gasteiger partial charge in [0.25, 0.3) is 0 Å². The monoisotopic (exact) mass is 275 g/mol. The number of hydrogen-bond acceptors (Lipinski definition) is 4. The highest BCUT2D eigenvalue weighted by atomic mass is 15.1. The van der Waals surface area contributed by atoms with Crippen LogP contribution in [0.1, 0.15) is 38.3 Å². The van der Waals surface area contributed by atoms with E-state index in [1.165, 1.54) is 18.4 Å². The summed E-state index contributed by atoms with van der Waals surface area (Å²) in [5, 5.41) is 1.01. The maximum atomic E-state index is 5.95. The lowest BCUT2D eigenvalue weighted by molar-refractivity contribution is 0.223. The van der Waals surface area contributed by atoms with Crippen LogP contribution in [0.5, 0.6) is 0 Å². The molecule has 110 valence electrons. The largest absolute Gasteiger partial charge is 0.383 e. The van der Waals surface area contributed by atoms with Crippen LogP contribution in [-0.2, 0) is 0 Å². The van der Waals surface area contributed by atoms with Crippen LogP contribution >= 0.6 is 0 Å². The van der Waals surface area contributed by atoms with Crippen molar-refractivity contribution in [1.82, 2.24) is 19.4 Å². The summed E-state index contributed by atoms with van der Waals surface area (Å²) < 4.78 is 2.29. The number of anilines is 1. The van der Waals surface area contributed by atoms with Gasteiger partial charge in [0.15, 0.2) is 0 Å². The smallest absolute Gasteiger partial charge is 0.145 e. The van der Waals surface area contributed by atoms with E-state index in [4.69, 9.17) is 5.73 Å². The Labute approximate surface area is 120 Å². The van der Waals surface area contributed by atoms with Crippen molar-refractivity contribution in [2.75, 3.05) is 25.9 Å². The second-order valence-corrected chi connectivity index (χ2v) is 5.21. The summed E-state index contributed by atoms with van der Waals surface area (Å²) in [4.78, 5) is 10.9. The zero-order valence-corrected chi connectivity index (χ0v) is 12.9. The van der Waals surface area contributed by atoms with Gasteiger partial charge < -0.3 is 15.2 Å². The van der Waals surface area contributed by atoms with Gasteiger partial charge in [0.1, 0.15) is 17.8 Å². The molecule has 2 aromatic rings. The van der Waals surface area contributed by atoms with E-state index in [0.29, 0.717) is 11.9 Å². The third-order valence-electron chi connectivity index (χ3n) is 3.91. The minimum Gasteiger partial charge on any atom is -0.383 e. The number of piperidine rings is 1. The predicted molar refractivity (Wildman–Crippen MR) is 83.8 cm³/mol. The van der Waals surface area contributed by atoms with E-state index in [1.807, 2.05) is 13.8 Å². The van der Waals surface area contributed by atoms with Gasteiger partial charge >= 0.3 is 0 Å². The maximum absolute atomic E-state index is 5.95. The molecular formula is C15H25N5. The molecule has 0 spiro atoms. The van der Waals surface area contributed by atoms with Crippen molar-refractivity contribution in [3.05, 3.63) is 18.1 Å². The molecule has 0 aromatic carbocycles. The molecule has 0 aliphatic carbocycles. The van der Waals surface area contributed by atoms with Gasteiger partial charge in [-0.25, -0.2) is 9.97 Å². The molecule has 0 radical (unpaired) electrons. The number of aryl methyl sites for hydroxylation is 1. The number of likely N-dealkylation sites (tertiary alicyclic amines) is 1. The molecule has 1 aliphatic rings. The van der Waals surface area contributed by atoms with Crippen LogP contribution in [-0.4, -0.2) is 39.6 Å². The second-order valence-electron chi connectivity index (χ2n) is 5.21. The Morgan fingerprint density at radius 1 is 1.20 bits per heavy atom. The van der Waals surface area contributed by atoms with E-state index in [-0.39, 0.29) is 0 Å². The van der Waals surface area contributed by atoms with Gasteiger partial charge in [-0.1, -0.05) is 13.8 Å². The highest BCUT2D eigenvalue weighted by molar-refractivity contribution is 5.89. The van der Waals surface area contributed by atoms with E-state index in [9.17, 15) is 0 Å². The number of nitrogen functional groups attached to an aromatic ring is 1. The first-order valence-electron chi connectivity index (χ1n) is 7.43. The molecule has 5 nitrogen and oxygen atoms in total. The van der Waals surface area contributed by atoms with Crippen LogP contribution in [0.2, 0.25) is 0 Å². The maximum Gasteiger partial charge on any atom is 0.145 e. The molecule has 1 saturated heterocycles. The molecule has 1 aliphatic heterocycles. The lowest BCUT2D eigenvalue weighted by atomic mass is 10.1. The summed E-state index contributed by atoms with van der Waals surface area (Å²) in [7, 11) is 2.18. The van der Waals surface area contributed by atoms with Crippen LogP contribution in [0.15, 0.2) is 12.5 Å². The number of aromatic nitrogens is 3.